The Bertz CT molecular complexity index is 1010. The van der Waals surface area contributed by atoms with Crippen molar-refractivity contribution in [3.63, 3.8) is 0 Å². The molecule has 0 radical (unpaired) electrons. The van der Waals surface area contributed by atoms with Gasteiger partial charge in [-0.25, -0.2) is 0 Å². The largest absolute Gasteiger partial charge is 0.507 e. The molecule has 32 heavy (non-hydrogen) atoms. The number of carboxylic acids is 1. The van der Waals surface area contributed by atoms with Crippen molar-refractivity contribution in [1.29, 1.82) is 0 Å². The van der Waals surface area contributed by atoms with Crippen LogP contribution in [0.25, 0.3) is 5.76 Å². The Hall–Kier alpha value is -3.61. The molecular formula is C25H28N2O5. The molecule has 1 amide bonds. The number of hydrogen-bond donors (Lipinski definition) is 2. The van der Waals surface area contributed by atoms with Crippen molar-refractivity contribution in [2.75, 3.05) is 25.5 Å². The topological polar surface area (TPSA) is 98.2 Å². The van der Waals surface area contributed by atoms with Gasteiger partial charge in [-0.3, -0.25) is 14.4 Å². The van der Waals surface area contributed by atoms with Crippen molar-refractivity contribution < 1.29 is 24.6 Å². The first-order valence-electron chi connectivity index (χ1n) is 10.6. The lowest BCUT2D eigenvalue weighted by Crippen LogP contribution is -2.30. The molecule has 7 heteroatoms. The van der Waals surface area contributed by atoms with Gasteiger partial charge in [0.2, 0.25) is 0 Å². The highest BCUT2D eigenvalue weighted by atomic mass is 16.4. The standard InChI is InChI=1S/C25H28N2O5/c1-26(2)19-14-12-17(13-15-19)22-21(23(30)18-9-5-3-6-10-18)24(31)25(32)27(22)16-8-4-7-11-20(28)29/h3,5-6,9-10,12-15,22,30H,4,7-8,11,16H2,1-2H3,(H,28,29)/b23-21+/t22-/m1/s1. The average Bonchev–Trinajstić information content (AvgIpc) is 3.03. The number of aliphatic carboxylic acids is 1. The number of nitrogens with zero attached hydrogens (tertiary/aromatic N) is 2. The maximum atomic E-state index is 13.0. The quantitative estimate of drug-likeness (QED) is 0.268. The Morgan fingerprint density at radius 1 is 0.938 bits per heavy atom. The third-order valence-electron chi connectivity index (χ3n) is 5.60. The lowest BCUT2D eigenvalue weighted by Gasteiger charge is -2.26. The third-order valence-corrected chi connectivity index (χ3v) is 5.60. The fourth-order valence-electron chi connectivity index (χ4n) is 3.90. The predicted molar refractivity (Wildman–Crippen MR) is 122 cm³/mol. The number of carbonyl (C=O) groups is 3. The monoisotopic (exact) mass is 436 g/mol. The number of aliphatic hydroxyl groups excluding tert-OH is 1. The van der Waals surface area contributed by atoms with E-state index >= 15 is 0 Å². The smallest absolute Gasteiger partial charge is 0.303 e. The second-order valence-corrected chi connectivity index (χ2v) is 8.05. The summed E-state index contributed by atoms with van der Waals surface area (Å²) in [5.41, 5.74) is 2.26. The van der Waals surface area contributed by atoms with Gasteiger partial charge in [-0.2, -0.15) is 0 Å². The minimum absolute atomic E-state index is 0.0717. The van der Waals surface area contributed by atoms with Crippen LogP contribution >= 0.6 is 0 Å². The van der Waals surface area contributed by atoms with Crippen LogP contribution in [0.15, 0.2) is 60.2 Å². The minimum Gasteiger partial charge on any atom is -0.507 e. The van der Waals surface area contributed by atoms with E-state index in [9.17, 15) is 19.5 Å². The molecule has 0 bridgehead atoms. The third kappa shape index (κ3) is 4.99. The number of aliphatic hydroxyl groups is 1. The average molecular weight is 437 g/mol. The molecule has 1 aliphatic heterocycles. The first-order valence-corrected chi connectivity index (χ1v) is 10.6. The summed E-state index contributed by atoms with van der Waals surface area (Å²) >= 11 is 0. The highest BCUT2D eigenvalue weighted by Gasteiger charge is 2.45. The first-order chi connectivity index (χ1) is 15.3. The lowest BCUT2D eigenvalue weighted by molar-refractivity contribution is -0.140. The Balaban J connectivity index is 1.97. The first kappa shape index (κ1) is 23.1. The summed E-state index contributed by atoms with van der Waals surface area (Å²) in [6, 6.07) is 15.6. The van der Waals surface area contributed by atoms with Gasteiger partial charge >= 0.3 is 5.97 Å². The number of carboxylic acid groups (broad SMARTS) is 1. The van der Waals surface area contributed by atoms with Gasteiger partial charge in [-0.05, 0) is 30.5 Å². The van der Waals surface area contributed by atoms with Gasteiger partial charge in [0.05, 0.1) is 11.6 Å². The number of rotatable bonds is 9. The van der Waals surface area contributed by atoms with Crippen molar-refractivity contribution in [3.05, 3.63) is 71.3 Å². The Morgan fingerprint density at radius 2 is 1.59 bits per heavy atom. The SMILES string of the molecule is CN(C)c1ccc([C@@H]2/C(=C(\O)c3ccccc3)C(=O)C(=O)N2CCCCCC(=O)O)cc1. The molecule has 7 nitrogen and oxygen atoms in total. The molecule has 0 unspecified atom stereocenters. The highest BCUT2D eigenvalue weighted by molar-refractivity contribution is 6.46. The fourth-order valence-corrected chi connectivity index (χ4v) is 3.90. The van der Waals surface area contributed by atoms with Gasteiger partial charge in [-0.1, -0.05) is 48.9 Å². The van der Waals surface area contributed by atoms with Crippen molar-refractivity contribution >= 4 is 29.1 Å². The van der Waals surface area contributed by atoms with Crippen LogP contribution in [0.4, 0.5) is 5.69 Å². The van der Waals surface area contributed by atoms with Gasteiger partial charge in [0.25, 0.3) is 11.7 Å². The molecule has 1 aliphatic rings. The van der Waals surface area contributed by atoms with Crippen LogP contribution in [-0.2, 0) is 14.4 Å². The van der Waals surface area contributed by atoms with Crippen LogP contribution in [0.3, 0.4) is 0 Å². The molecule has 0 aliphatic carbocycles. The fraction of sp³-hybridized carbons (Fsp3) is 0.320. The van der Waals surface area contributed by atoms with E-state index in [0.717, 1.165) is 11.3 Å². The summed E-state index contributed by atoms with van der Waals surface area (Å²) in [4.78, 5) is 40.1. The van der Waals surface area contributed by atoms with Gasteiger partial charge < -0.3 is 20.0 Å². The summed E-state index contributed by atoms with van der Waals surface area (Å²) in [7, 11) is 3.85. The van der Waals surface area contributed by atoms with Gasteiger partial charge in [0, 0.05) is 38.3 Å². The van der Waals surface area contributed by atoms with E-state index in [1.54, 1.807) is 24.3 Å². The molecule has 1 saturated heterocycles. The molecule has 1 fully saturated rings. The van der Waals surface area contributed by atoms with Crippen molar-refractivity contribution in [2.45, 2.75) is 31.7 Å². The van der Waals surface area contributed by atoms with E-state index in [-0.39, 0.29) is 17.8 Å². The van der Waals surface area contributed by atoms with Crippen LogP contribution in [0, 0.1) is 0 Å². The molecule has 1 atom stereocenters. The number of unbranched alkanes of at least 4 members (excludes halogenated alkanes) is 2. The molecule has 1 heterocycles. The van der Waals surface area contributed by atoms with Crippen LogP contribution in [0.2, 0.25) is 0 Å². The zero-order valence-electron chi connectivity index (χ0n) is 18.3. The normalized spacial score (nSPS) is 17.6. The number of ketones is 1. The number of carbonyl (C=O) groups excluding carboxylic acids is 2. The summed E-state index contributed by atoms with van der Waals surface area (Å²) < 4.78 is 0. The van der Waals surface area contributed by atoms with Crippen LogP contribution in [0.5, 0.6) is 0 Å². The van der Waals surface area contributed by atoms with E-state index in [0.29, 0.717) is 31.4 Å². The molecule has 0 spiro atoms. The minimum atomic E-state index is -0.853. The Morgan fingerprint density at radius 3 is 2.19 bits per heavy atom. The maximum absolute atomic E-state index is 13.0. The van der Waals surface area contributed by atoms with E-state index in [1.165, 1.54) is 4.90 Å². The molecule has 2 N–H and O–H groups in total. The number of Topliss-reactive ketones (excluding diaryl/α,β-unsaturated/α-hetero) is 1. The number of benzene rings is 2. The predicted octanol–water partition coefficient (Wildman–Crippen LogP) is 3.82. The molecular weight excluding hydrogens is 408 g/mol. The van der Waals surface area contributed by atoms with E-state index in [4.69, 9.17) is 5.11 Å². The lowest BCUT2D eigenvalue weighted by atomic mass is 9.95. The maximum Gasteiger partial charge on any atom is 0.303 e. The number of hydrogen-bond acceptors (Lipinski definition) is 5. The molecule has 0 aromatic heterocycles. The summed E-state index contributed by atoms with van der Waals surface area (Å²) in [5, 5.41) is 19.8. The number of likely N-dealkylation sites (tertiary alicyclic amines) is 1. The molecule has 0 saturated carbocycles. The zero-order valence-corrected chi connectivity index (χ0v) is 18.3. The van der Waals surface area contributed by atoms with Crippen molar-refractivity contribution in [2.24, 2.45) is 0 Å². The van der Waals surface area contributed by atoms with Crippen molar-refractivity contribution in [3.8, 4) is 0 Å². The molecule has 3 rings (SSSR count). The molecule has 2 aromatic rings. The van der Waals surface area contributed by atoms with Crippen molar-refractivity contribution in [1.82, 2.24) is 4.90 Å². The van der Waals surface area contributed by atoms with Crippen LogP contribution in [-0.4, -0.2) is 53.4 Å². The Labute approximate surface area is 187 Å². The second-order valence-electron chi connectivity index (χ2n) is 8.05. The summed E-state index contributed by atoms with van der Waals surface area (Å²) in [5.74, 6) is -2.41. The van der Waals surface area contributed by atoms with Gasteiger partial charge in [0.1, 0.15) is 5.76 Å². The number of amides is 1. The highest BCUT2D eigenvalue weighted by Crippen LogP contribution is 2.40. The Kier molecular flexibility index (Phi) is 7.30. The molecule has 2 aromatic carbocycles. The van der Waals surface area contributed by atoms with E-state index < -0.39 is 23.7 Å². The second kappa shape index (κ2) is 10.1. The van der Waals surface area contributed by atoms with Crippen LogP contribution < -0.4 is 4.90 Å². The van der Waals surface area contributed by atoms with Gasteiger partial charge in [-0.15, -0.1) is 0 Å². The van der Waals surface area contributed by atoms with Crippen LogP contribution in [0.1, 0.15) is 42.9 Å². The summed E-state index contributed by atoms with van der Waals surface area (Å²) in [6.07, 6.45) is 1.77. The number of anilines is 1. The molecule has 168 valence electrons. The van der Waals surface area contributed by atoms with E-state index in [2.05, 4.69) is 0 Å². The van der Waals surface area contributed by atoms with Gasteiger partial charge in [0.15, 0.2) is 0 Å². The van der Waals surface area contributed by atoms with E-state index in [1.807, 2.05) is 49.3 Å². The zero-order chi connectivity index (χ0) is 23.3. The summed E-state index contributed by atoms with van der Waals surface area (Å²) in [6.45, 7) is 0.301.